The van der Waals surface area contributed by atoms with Crippen molar-refractivity contribution < 1.29 is 9.18 Å². The number of nitrogens with one attached hydrogen (secondary N) is 1. The predicted molar refractivity (Wildman–Crippen MR) is 138 cm³/mol. The monoisotopic (exact) mass is 508 g/mol. The van der Waals surface area contributed by atoms with Crippen molar-refractivity contribution in [3.63, 3.8) is 0 Å². The molecule has 1 aliphatic carbocycles. The van der Waals surface area contributed by atoms with Gasteiger partial charge < -0.3 is 5.32 Å². The molecule has 180 valence electrons. The maximum absolute atomic E-state index is 14.9. The zero-order valence-corrected chi connectivity index (χ0v) is 21.0. The van der Waals surface area contributed by atoms with Crippen molar-refractivity contribution >= 4 is 29.1 Å². The first-order valence-electron chi connectivity index (χ1n) is 11.8. The van der Waals surface area contributed by atoms with Crippen LogP contribution in [-0.4, -0.2) is 12.5 Å². The van der Waals surface area contributed by atoms with Crippen LogP contribution < -0.4 is 5.32 Å². The highest BCUT2D eigenvalue weighted by molar-refractivity contribution is 6.32. The molecule has 0 aromatic heterocycles. The molecule has 0 heterocycles. The minimum Gasteiger partial charge on any atom is -0.355 e. The number of carbonyl (C=O) groups excluding carboxylic acids is 1. The van der Waals surface area contributed by atoms with E-state index in [0.717, 1.165) is 24.0 Å². The summed E-state index contributed by atoms with van der Waals surface area (Å²) in [4.78, 5) is 13.7. The zero-order valence-electron chi connectivity index (χ0n) is 19.5. The number of halogens is 3. The van der Waals surface area contributed by atoms with Gasteiger partial charge >= 0.3 is 0 Å². The highest BCUT2D eigenvalue weighted by Crippen LogP contribution is 2.45. The van der Waals surface area contributed by atoms with E-state index < -0.39 is 11.2 Å². The molecule has 0 aliphatic heterocycles. The third-order valence-corrected chi connectivity index (χ3v) is 7.83. The van der Waals surface area contributed by atoms with Crippen LogP contribution in [0.15, 0.2) is 66.7 Å². The van der Waals surface area contributed by atoms with Crippen LogP contribution in [0.5, 0.6) is 0 Å². The van der Waals surface area contributed by atoms with Crippen LogP contribution in [0.2, 0.25) is 10.0 Å². The van der Waals surface area contributed by atoms with Gasteiger partial charge in [0, 0.05) is 28.1 Å². The van der Waals surface area contributed by atoms with E-state index in [1.54, 1.807) is 18.2 Å². The lowest BCUT2D eigenvalue weighted by Crippen LogP contribution is -2.45. The van der Waals surface area contributed by atoms with Gasteiger partial charge in [-0.15, -0.1) is 0 Å². The summed E-state index contributed by atoms with van der Waals surface area (Å²) in [6.07, 6.45) is 2.79. The summed E-state index contributed by atoms with van der Waals surface area (Å²) >= 11 is 12.5. The number of nitrogens with zero attached hydrogens (tertiary/aromatic N) is 1. The molecule has 0 spiro atoms. The average molecular weight is 509 g/mol. The van der Waals surface area contributed by atoms with E-state index in [9.17, 15) is 14.4 Å². The fourth-order valence-electron chi connectivity index (χ4n) is 5.32. The molecule has 35 heavy (non-hydrogen) atoms. The number of hydrogen-bond donors (Lipinski definition) is 1. The fraction of sp³-hybridized carbons (Fsp3) is 0.310. The molecule has 4 rings (SSSR count). The van der Waals surface area contributed by atoms with Gasteiger partial charge in [0.05, 0.1) is 17.0 Å². The molecular formula is C29H27Cl2FN2O. The van der Waals surface area contributed by atoms with E-state index in [2.05, 4.69) is 18.3 Å². The quantitative estimate of drug-likeness (QED) is 0.358. The molecule has 0 saturated heterocycles. The maximum Gasteiger partial charge on any atom is 0.230 e. The van der Waals surface area contributed by atoms with Gasteiger partial charge in [-0.25, -0.2) is 4.39 Å². The van der Waals surface area contributed by atoms with Crippen LogP contribution in [-0.2, 0) is 10.2 Å². The summed E-state index contributed by atoms with van der Waals surface area (Å²) in [7, 11) is 0. The molecule has 0 bridgehead atoms. The summed E-state index contributed by atoms with van der Waals surface area (Å²) in [5, 5.41) is 13.5. The molecule has 3 aromatic rings. The second-order valence-electron chi connectivity index (χ2n) is 9.28. The van der Waals surface area contributed by atoms with Crippen LogP contribution in [0.25, 0.3) is 0 Å². The first-order chi connectivity index (χ1) is 16.9. The van der Waals surface area contributed by atoms with E-state index >= 15 is 0 Å². The van der Waals surface area contributed by atoms with E-state index in [-0.39, 0.29) is 22.8 Å². The lowest BCUT2D eigenvalue weighted by molar-refractivity contribution is -0.126. The second-order valence-corrected chi connectivity index (χ2v) is 10.1. The molecule has 3 aromatic carbocycles. The number of rotatable bonds is 7. The largest absolute Gasteiger partial charge is 0.355 e. The number of benzene rings is 3. The highest BCUT2D eigenvalue weighted by Gasteiger charge is 2.45. The van der Waals surface area contributed by atoms with Gasteiger partial charge in [-0.3, -0.25) is 4.79 Å². The first kappa shape index (κ1) is 25.2. The summed E-state index contributed by atoms with van der Waals surface area (Å²) in [5.74, 6) is -0.727. The number of carbonyl (C=O) groups is 1. The SMILES string of the molecule is CC(c1ccc(Cl)cc1)C(CNC(=O)C1(c2c(F)cccc2Cl)CCCC1)c1cccc(C#N)c1. The van der Waals surface area contributed by atoms with Crippen molar-refractivity contribution in [3.05, 3.63) is 105 Å². The molecule has 2 unspecified atom stereocenters. The van der Waals surface area contributed by atoms with Crippen molar-refractivity contribution in [2.75, 3.05) is 6.54 Å². The van der Waals surface area contributed by atoms with Gasteiger partial charge in [-0.2, -0.15) is 5.26 Å². The maximum atomic E-state index is 14.9. The molecule has 1 saturated carbocycles. The minimum atomic E-state index is -0.981. The summed E-state index contributed by atoms with van der Waals surface area (Å²) in [5.41, 5.74) is 1.91. The lowest BCUT2D eigenvalue weighted by Gasteiger charge is -2.32. The molecule has 2 atom stereocenters. The Balaban J connectivity index is 1.65. The average Bonchev–Trinajstić information content (AvgIpc) is 3.35. The van der Waals surface area contributed by atoms with Crippen LogP contribution >= 0.6 is 23.2 Å². The van der Waals surface area contributed by atoms with Gasteiger partial charge in [0.1, 0.15) is 5.82 Å². The molecule has 1 fully saturated rings. The lowest BCUT2D eigenvalue weighted by atomic mass is 9.77. The Morgan fingerprint density at radius 2 is 1.74 bits per heavy atom. The van der Waals surface area contributed by atoms with E-state index in [4.69, 9.17) is 23.2 Å². The molecule has 3 nitrogen and oxygen atoms in total. The summed E-state index contributed by atoms with van der Waals surface area (Å²) < 4.78 is 14.9. The Morgan fingerprint density at radius 1 is 1.06 bits per heavy atom. The van der Waals surface area contributed by atoms with Crippen molar-refractivity contribution in [1.82, 2.24) is 5.32 Å². The number of hydrogen-bond acceptors (Lipinski definition) is 2. The molecule has 1 amide bonds. The third kappa shape index (κ3) is 5.22. The number of nitriles is 1. The minimum absolute atomic E-state index is 0.0260. The second kappa shape index (κ2) is 10.8. The Bertz CT molecular complexity index is 1230. The molecule has 6 heteroatoms. The van der Waals surface area contributed by atoms with E-state index in [0.29, 0.717) is 35.5 Å². The van der Waals surface area contributed by atoms with Crippen LogP contribution in [0, 0.1) is 17.1 Å². The highest BCUT2D eigenvalue weighted by atomic mass is 35.5. The number of amides is 1. The molecule has 1 N–H and O–H groups in total. The normalized spacial score (nSPS) is 16.3. The van der Waals surface area contributed by atoms with Gasteiger partial charge in [0.2, 0.25) is 5.91 Å². The third-order valence-electron chi connectivity index (χ3n) is 7.26. The van der Waals surface area contributed by atoms with E-state index in [1.807, 2.05) is 42.5 Å². The Labute approximate surface area is 215 Å². The topological polar surface area (TPSA) is 52.9 Å². The van der Waals surface area contributed by atoms with Crippen LogP contribution in [0.4, 0.5) is 4.39 Å². The molecular weight excluding hydrogens is 482 g/mol. The fourth-order valence-corrected chi connectivity index (χ4v) is 5.79. The predicted octanol–water partition coefficient (Wildman–Crippen LogP) is 7.52. The van der Waals surface area contributed by atoms with Crippen molar-refractivity contribution in [1.29, 1.82) is 5.26 Å². The van der Waals surface area contributed by atoms with Gasteiger partial charge in [-0.05, 0) is 66.3 Å². The van der Waals surface area contributed by atoms with Crippen LogP contribution in [0.1, 0.15) is 66.7 Å². The van der Waals surface area contributed by atoms with Crippen molar-refractivity contribution in [3.8, 4) is 6.07 Å². The molecule has 1 aliphatic rings. The smallest absolute Gasteiger partial charge is 0.230 e. The Kier molecular flexibility index (Phi) is 7.79. The van der Waals surface area contributed by atoms with Gasteiger partial charge in [-0.1, -0.05) is 73.3 Å². The van der Waals surface area contributed by atoms with Gasteiger partial charge in [0.15, 0.2) is 0 Å². The van der Waals surface area contributed by atoms with Crippen molar-refractivity contribution in [2.24, 2.45) is 0 Å². The first-order valence-corrected chi connectivity index (χ1v) is 12.6. The zero-order chi connectivity index (χ0) is 25.0. The summed E-state index contributed by atoms with van der Waals surface area (Å²) in [6.45, 7) is 2.43. The van der Waals surface area contributed by atoms with Crippen molar-refractivity contribution in [2.45, 2.75) is 49.9 Å². The van der Waals surface area contributed by atoms with Crippen LogP contribution in [0.3, 0.4) is 0 Å². The van der Waals surface area contributed by atoms with E-state index in [1.165, 1.54) is 6.07 Å². The Hall–Kier alpha value is -2.87. The molecule has 0 radical (unpaired) electrons. The summed E-state index contributed by atoms with van der Waals surface area (Å²) in [6, 6.07) is 21.9. The van der Waals surface area contributed by atoms with Gasteiger partial charge in [0.25, 0.3) is 0 Å². The standard InChI is InChI=1S/C29H27Cl2FN2O/c1-19(21-10-12-23(30)13-11-21)24(22-7-4-6-20(16-22)17-33)18-34-28(35)29(14-2-3-15-29)27-25(31)8-5-9-26(27)32/h4-13,16,19,24H,2-3,14-15,18H2,1H3,(H,34,35). The Morgan fingerprint density at radius 3 is 2.40 bits per heavy atom.